The van der Waals surface area contributed by atoms with Crippen LogP contribution in [0, 0.1) is 5.92 Å². The van der Waals surface area contributed by atoms with Crippen molar-refractivity contribution in [2.24, 2.45) is 5.92 Å². The molecule has 2 aliphatic heterocycles. The van der Waals surface area contributed by atoms with Gasteiger partial charge in [-0.05, 0) is 24.6 Å². The molecule has 0 aromatic rings. The normalized spacial score (nSPS) is 25.3. The molecule has 0 aromatic heterocycles. The lowest BCUT2D eigenvalue weighted by atomic mass is 9.91. The maximum atomic E-state index is 12.3. The van der Waals surface area contributed by atoms with Crippen LogP contribution in [0.15, 0.2) is 58.8 Å². The van der Waals surface area contributed by atoms with Crippen LogP contribution in [0.3, 0.4) is 0 Å². The van der Waals surface area contributed by atoms with Crippen LogP contribution < -0.4 is 0 Å². The molecule has 3 rings (SSSR count). The summed E-state index contributed by atoms with van der Waals surface area (Å²) < 4.78 is 11.4. The van der Waals surface area contributed by atoms with Crippen molar-refractivity contribution < 1.29 is 14.3 Å². The highest BCUT2D eigenvalue weighted by atomic mass is 16.5. The zero-order chi connectivity index (χ0) is 13.4. The summed E-state index contributed by atoms with van der Waals surface area (Å²) >= 11 is 0. The van der Waals surface area contributed by atoms with Gasteiger partial charge in [-0.2, -0.15) is 0 Å². The molecular weight excluding hydrogens is 240 g/mol. The van der Waals surface area contributed by atoms with Gasteiger partial charge in [0.15, 0.2) is 5.78 Å². The van der Waals surface area contributed by atoms with Crippen LogP contribution in [0.4, 0.5) is 0 Å². The van der Waals surface area contributed by atoms with E-state index in [0.717, 1.165) is 16.9 Å². The molecule has 19 heavy (non-hydrogen) atoms. The Morgan fingerprint density at radius 1 is 1.37 bits per heavy atom. The molecule has 3 heteroatoms. The number of carbonyl (C=O) groups is 1. The third-order valence-electron chi connectivity index (χ3n) is 3.59. The third-order valence-corrected chi connectivity index (χ3v) is 3.59. The zero-order valence-electron chi connectivity index (χ0n) is 11.1. The second-order valence-corrected chi connectivity index (χ2v) is 4.83. The molecule has 1 atom stereocenters. The summed E-state index contributed by atoms with van der Waals surface area (Å²) in [6, 6.07) is 0. The Bertz CT molecular complexity index is 585. The monoisotopic (exact) mass is 256 g/mol. The Kier molecular flexibility index (Phi) is 2.90. The van der Waals surface area contributed by atoms with Crippen LogP contribution in [0.1, 0.15) is 20.3 Å². The molecule has 0 saturated carbocycles. The molecule has 0 amide bonds. The molecule has 0 aromatic carbocycles. The van der Waals surface area contributed by atoms with Gasteiger partial charge in [-0.15, -0.1) is 0 Å². The fourth-order valence-corrected chi connectivity index (χ4v) is 2.51. The number of ether oxygens (including phenoxy) is 2. The lowest BCUT2D eigenvalue weighted by molar-refractivity contribution is -0.116. The van der Waals surface area contributed by atoms with Crippen LogP contribution in [0.5, 0.6) is 0 Å². The zero-order valence-corrected chi connectivity index (χ0v) is 11.1. The maximum Gasteiger partial charge on any atom is 0.170 e. The molecule has 98 valence electrons. The molecule has 0 N–H and O–H groups in total. The number of allylic oxidation sites excluding steroid dienone is 6. The van der Waals surface area contributed by atoms with Gasteiger partial charge in [-0.3, -0.25) is 4.79 Å². The second kappa shape index (κ2) is 4.57. The van der Waals surface area contributed by atoms with E-state index in [1.807, 2.05) is 38.2 Å². The van der Waals surface area contributed by atoms with Crippen molar-refractivity contribution in [2.75, 3.05) is 6.61 Å². The van der Waals surface area contributed by atoms with Gasteiger partial charge < -0.3 is 9.47 Å². The molecule has 0 spiro atoms. The average molecular weight is 256 g/mol. The van der Waals surface area contributed by atoms with Crippen molar-refractivity contribution >= 4 is 5.78 Å². The molecule has 0 fully saturated rings. The molecule has 3 aliphatic rings. The van der Waals surface area contributed by atoms with Crippen molar-refractivity contribution in [3.63, 3.8) is 0 Å². The van der Waals surface area contributed by atoms with E-state index in [-0.39, 0.29) is 11.7 Å². The van der Waals surface area contributed by atoms with Gasteiger partial charge in [0.1, 0.15) is 23.9 Å². The Labute approximate surface area is 112 Å². The van der Waals surface area contributed by atoms with Crippen LogP contribution >= 0.6 is 0 Å². The van der Waals surface area contributed by atoms with E-state index in [1.165, 1.54) is 0 Å². The minimum Gasteiger partial charge on any atom is -0.489 e. The summed E-state index contributed by atoms with van der Waals surface area (Å²) in [6.07, 6.45) is 10.1. The van der Waals surface area contributed by atoms with Gasteiger partial charge in [0.25, 0.3) is 0 Å². The van der Waals surface area contributed by atoms with Crippen molar-refractivity contribution in [3.05, 3.63) is 58.8 Å². The Hall–Kier alpha value is -2.03. The van der Waals surface area contributed by atoms with E-state index in [2.05, 4.69) is 0 Å². The first-order valence-corrected chi connectivity index (χ1v) is 6.55. The summed E-state index contributed by atoms with van der Waals surface area (Å²) in [5, 5.41) is 0. The molecular formula is C16H16O3. The molecule has 3 nitrogen and oxygen atoms in total. The van der Waals surface area contributed by atoms with Gasteiger partial charge in [0.2, 0.25) is 0 Å². The summed E-state index contributed by atoms with van der Waals surface area (Å²) in [7, 11) is 0. The van der Waals surface area contributed by atoms with Crippen LogP contribution in [-0.4, -0.2) is 12.4 Å². The van der Waals surface area contributed by atoms with Gasteiger partial charge in [-0.25, -0.2) is 0 Å². The molecule has 0 radical (unpaired) electrons. The largest absolute Gasteiger partial charge is 0.489 e. The predicted molar refractivity (Wildman–Crippen MR) is 71.9 cm³/mol. The summed E-state index contributed by atoms with van der Waals surface area (Å²) in [5.74, 6) is 2.01. The number of hydrogen-bond acceptors (Lipinski definition) is 3. The van der Waals surface area contributed by atoms with Crippen molar-refractivity contribution in [3.8, 4) is 0 Å². The van der Waals surface area contributed by atoms with Crippen molar-refractivity contribution in [1.29, 1.82) is 0 Å². The molecule has 0 saturated heterocycles. The number of carbonyl (C=O) groups excluding carboxylic acids is 1. The highest BCUT2D eigenvalue weighted by molar-refractivity contribution is 5.96. The summed E-state index contributed by atoms with van der Waals surface area (Å²) in [6.45, 7) is 4.52. The Morgan fingerprint density at radius 3 is 3.00 bits per heavy atom. The number of hydrogen-bond donors (Lipinski definition) is 0. The summed E-state index contributed by atoms with van der Waals surface area (Å²) in [5.41, 5.74) is 2.01. The van der Waals surface area contributed by atoms with Crippen molar-refractivity contribution in [2.45, 2.75) is 20.3 Å². The number of ketones is 1. The number of fused-ring (bicyclic) bond motifs is 2. The topological polar surface area (TPSA) is 35.5 Å². The number of rotatable bonds is 1. The van der Waals surface area contributed by atoms with Gasteiger partial charge >= 0.3 is 0 Å². The van der Waals surface area contributed by atoms with Crippen LogP contribution in [0.25, 0.3) is 0 Å². The van der Waals surface area contributed by atoms with Gasteiger partial charge in [-0.1, -0.05) is 13.0 Å². The first-order valence-electron chi connectivity index (χ1n) is 6.55. The fourth-order valence-electron chi connectivity index (χ4n) is 2.51. The molecule has 1 aliphatic carbocycles. The van der Waals surface area contributed by atoms with E-state index in [9.17, 15) is 4.79 Å². The van der Waals surface area contributed by atoms with E-state index < -0.39 is 0 Å². The van der Waals surface area contributed by atoms with Crippen molar-refractivity contribution in [1.82, 2.24) is 0 Å². The fraction of sp³-hybridized carbons (Fsp3) is 0.312. The summed E-state index contributed by atoms with van der Waals surface area (Å²) in [4.78, 5) is 12.3. The van der Waals surface area contributed by atoms with E-state index in [1.54, 1.807) is 6.08 Å². The van der Waals surface area contributed by atoms with Crippen LogP contribution in [-0.2, 0) is 14.3 Å². The first-order chi connectivity index (χ1) is 9.19. The average Bonchev–Trinajstić information content (AvgIpc) is 2.66. The predicted octanol–water partition coefficient (Wildman–Crippen LogP) is 3.18. The Morgan fingerprint density at radius 2 is 2.21 bits per heavy atom. The lowest BCUT2D eigenvalue weighted by Gasteiger charge is -2.18. The third kappa shape index (κ3) is 2.05. The van der Waals surface area contributed by atoms with Crippen LogP contribution in [0.2, 0.25) is 0 Å². The van der Waals surface area contributed by atoms with E-state index >= 15 is 0 Å². The molecule has 2 bridgehead atoms. The molecule has 1 unspecified atom stereocenters. The van der Waals surface area contributed by atoms with E-state index in [4.69, 9.17) is 9.47 Å². The standard InChI is InChI=1S/C16H16O3/c1-3-11-8-15(17)14-7-12(19-11)9-16-13(10(14)2)5-4-6-18-16/h4-5,7-9,14H,3,6H2,1-2H3. The smallest absolute Gasteiger partial charge is 0.170 e. The quantitative estimate of drug-likeness (QED) is 0.722. The Balaban J connectivity index is 2.14. The van der Waals surface area contributed by atoms with Gasteiger partial charge in [0, 0.05) is 24.1 Å². The highest BCUT2D eigenvalue weighted by Crippen LogP contribution is 2.34. The first kappa shape index (κ1) is 12.0. The van der Waals surface area contributed by atoms with Gasteiger partial charge in [0.05, 0.1) is 5.92 Å². The minimum absolute atomic E-state index is 0.0745. The van der Waals surface area contributed by atoms with E-state index in [0.29, 0.717) is 24.5 Å². The lowest BCUT2D eigenvalue weighted by Crippen LogP contribution is -2.13. The SMILES string of the molecule is CCC1=CC(=O)C2C=C(C=C3OCC=CC3=C2C)O1. The maximum absolute atomic E-state index is 12.3. The second-order valence-electron chi connectivity index (χ2n) is 4.83. The minimum atomic E-state index is -0.255. The highest BCUT2D eigenvalue weighted by Gasteiger charge is 2.28. The molecule has 2 heterocycles.